The Kier molecular flexibility index (Phi) is 6.15. The molecule has 1 saturated heterocycles. The molecule has 0 amide bonds. The second kappa shape index (κ2) is 8.76. The Bertz CT molecular complexity index is 793. The van der Waals surface area contributed by atoms with Crippen LogP contribution in [-0.4, -0.2) is 60.3 Å². The van der Waals surface area contributed by atoms with Gasteiger partial charge in [0.25, 0.3) is 0 Å². The molecule has 2 aromatic rings. The van der Waals surface area contributed by atoms with Gasteiger partial charge in [0.05, 0.1) is 0 Å². The molecule has 0 saturated carbocycles. The van der Waals surface area contributed by atoms with E-state index in [0.29, 0.717) is 12.6 Å². The summed E-state index contributed by atoms with van der Waals surface area (Å²) >= 11 is 7.93. The third-order valence-electron chi connectivity index (χ3n) is 5.26. The number of ether oxygens (including phenoxy) is 1. The van der Waals surface area contributed by atoms with E-state index in [9.17, 15) is 5.11 Å². The van der Waals surface area contributed by atoms with Gasteiger partial charge in [0, 0.05) is 60.8 Å². The first kappa shape index (κ1) is 19.0. The Labute approximate surface area is 169 Å². The highest BCUT2D eigenvalue weighted by Gasteiger charge is 2.27. The highest BCUT2D eigenvalue weighted by Crippen LogP contribution is 2.29. The number of fused-ring (bicyclic) bond motifs is 1. The minimum Gasteiger partial charge on any atom is -0.489 e. The van der Waals surface area contributed by atoms with E-state index in [1.807, 2.05) is 18.2 Å². The van der Waals surface area contributed by atoms with Crippen molar-refractivity contribution in [3.05, 3.63) is 56.7 Å². The smallest absolute Gasteiger partial charge is 0.127 e. The van der Waals surface area contributed by atoms with Gasteiger partial charge >= 0.3 is 0 Å². The van der Waals surface area contributed by atoms with Gasteiger partial charge in [-0.3, -0.25) is 9.80 Å². The van der Waals surface area contributed by atoms with E-state index in [2.05, 4.69) is 33.4 Å². The normalized spacial score (nSPS) is 20.8. The molecule has 0 unspecified atom stereocenters. The summed E-state index contributed by atoms with van der Waals surface area (Å²) in [7, 11) is 0. The fourth-order valence-electron chi connectivity index (χ4n) is 3.91. The van der Waals surface area contributed by atoms with Gasteiger partial charge in [-0.15, -0.1) is 11.3 Å². The van der Waals surface area contributed by atoms with Crippen molar-refractivity contribution in [2.75, 3.05) is 39.4 Å². The third-order valence-corrected chi connectivity index (χ3v) is 6.36. The number of benzene rings is 1. The number of hydrogen-bond acceptors (Lipinski definition) is 5. The van der Waals surface area contributed by atoms with Crippen LogP contribution >= 0.6 is 22.9 Å². The molecule has 144 valence electrons. The van der Waals surface area contributed by atoms with E-state index in [-0.39, 0.29) is 6.61 Å². The van der Waals surface area contributed by atoms with Gasteiger partial charge in [0.15, 0.2) is 0 Å². The van der Waals surface area contributed by atoms with Crippen molar-refractivity contribution in [3.63, 3.8) is 0 Å². The number of aliphatic hydroxyl groups excluding tert-OH is 1. The van der Waals surface area contributed by atoms with E-state index >= 15 is 0 Å². The molecule has 1 fully saturated rings. The van der Waals surface area contributed by atoms with Crippen LogP contribution in [0.5, 0.6) is 5.75 Å². The lowest BCUT2D eigenvalue weighted by atomic mass is 10.0. The van der Waals surface area contributed by atoms with Crippen LogP contribution in [0.4, 0.5) is 0 Å². The predicted octanol–water partition coefficient (Wildman–Crippen LogP) is 3.75. The predicted molar refractivity (Wildman–Crippen MR) is 112 cm³/mol. The number of halogens is 1. The maximum Gasteiger partial charge on any atom is 0.127 e. The lowest BCUT2D eigenvalue weighted by Gasteiger charge is -2.41. The van der Waals surface area contributed by atoms with Crippen molar-refractivity contribution in [2.24, 2.45) is 0 Å². The summed E-state index contributed by atoms with van der Waals surface area (Å²) < 4.78 is 5.90. The number of thiophene rings is 1. The summed E-state index contributed by atoms with van der Waals surface area (Å²) in [5.41, 5.74) is 2.34. The van der Waals surface area contributed by atoms with Crippen molar-refractivity contribution in [2.45, 2.75) is 19.0 Å². The zero-order valence-corrected chi connectivity index (χ0v) is 16.9. The van der Waals surface area contributed by atoms with Gasteiger partial charge in [0.1, 0.15) is 12.4 Å². The topological polar surface area (TPSA) is 35.9 Å². The summed E-state index contributed by atoms with van der Waals surface area (Å²) in [6.45, 7) is 5.79. The zero-order chi connectivity index (χ0) is 18.6. The maximum absolute atomic E-state index is 9.52. The molecule has 1 N–H and O–H groups in total. The molecule has 0 radical (unpaired) electrons. The average Bonchev–Trinajstić information content (AvgIpc) is 3.17. The van der Waals surface area contributed by atoms with Crippen LogP contribution in [0.3, 0.4) is 0 Å². The van der Waals surface area contributed by atoms with Gasteiger partial charge in [0.2, 0.25) is 0 Å². The molecule has 1 atom stereocenters. The molecule has 27 heavy (non-hydrogen) atoms. The van der Waals surface area contributed by atoms with Gasteiger partial charge in [-0.25, -0.2) is 0 Å². The van der Waals surface area contributed by atoms with Crippen molar-refractivity contribution >= 4 is 29.0 Å². The second-order valence-electron chi connectivity index (χ2n) is 7.22. The minimum absolute atomic E-state index is 0.233. The molecular weight excluding hydrogens is 380 g/mol. The van der Waals surface area contributed by atoms with Crippen LogP contribution in [-0.2, 0) is 6.54 Å². The van der Waals surface area contributed by atoms with Crippen LogP contribution < -0.4 is 4.74 Å². The van der Waals surface area contributed by atoms with Gasteiger partial charge < -0.3 is 9.84 Å². The molecule has 0 spiro atoms. The third kappa shape index (κ3) is 4.73. The summed E-state index contributed by atoms with van der Waals surface area (Å²) in [5.74, 6) is 0.905. The fourth-order valence-corrected chi connectivity index (χ4v) is 4.82. The van der Waals surface area contributed by atoms with E-state index in [0.717, 1.165) is 55.5 Å². The lowest BCUT2D eigenvalue weighted by Crippen LogP contribution is -2.53. The first-order valence-corrected chi connectivity index (χ1v) is 10.7. The Morgan fingerprint density at radius 3 is 2.96 bits per heavy atom. The first-order chi connectivity index (χ1) is 13.2. The molecule has 1 aromatic heterocycles. The van der Waals surface area contributed by atoms with Crippen LogP contribution in [0.25, 0.3) is 6.08 Å². The van der Waals surface area contributed by atoms with Crippen molar-refractivity contribution in [3.8, 4) is 5.75 Å². The van der Waals surface area contributed by atoms with Crippen LogP contribution in [0.1, 0.15) is 16.9 Å². The average molecular weight is 405 g/mol. The zero-order valence-electron chi connectivity index (χ0n) is 15.3. The monoisotopic (exact) mass is 404 g/mol. The highest BCUT2D eigenvalue weighted by atomic mass is 35.5. The van der Waals surface area contributed by atoms with E-state index < -0.39 is 0 Å². The number of rotatable bonds is 6. The number of piperazine rings is 1. The Morgan fingerprint density at radius 1 is 1.22 bits per heavy atom. The molecule has 3 heterocycles. The summed E-state index contributed by atoms with van der Waals surface area (Å²) in [5, 5.41) is 12.4. The minimum atomic E-state index is 0.233. The number of hydrogen-bond donors (Lipinski definition) is 1. The molecule has 0 bridgehead atoms. The number of nitrogens with zero attached hydrogens (tertiary/aromatic N) is 2. The quantitative estimate of drug-likeness (QED) is 0.795. The molecule has 0 aliphatic carbocycles. The molecular formula is C21H25ClN2O2S. The fraction of sp³-hybridized carbons (Fsp3) is 0.429. The van der Waals surface area contributed by atoms with Crippen LogP contribution in [0.15, 0.2) is 41.3 Å². The molecule has 4 rings (SSSR count). The lowest BCUT2D eigenvalue weighted by molar-refractivity contribution is 0.0581. The van der Waals surface area contributed by atoms with Crippen molar-refractivity contribution in [1.29, 1.82) is 0 Å². The SMILES string of the molecule is OCC[C@H]1CN(CC2=Cc3cc(Cl)ccc3OC2)CCN1Cc1cccs1. The van der Waals surface area contributed by atoms with Gasteiger partial charge in [-0.1, -0.05) is 17.7 Å². The maximum atomic E-state index is 9.52. The molecule has 2 aliphatic rings. The first-order valence-electron chi connectivity index (χ1n) is 9.43. The van der Waals surface area contributed by atoms with Gasteiger partial charge in [-0.2, -0.15) is 0 Å². The summed E-state index contributed by atoms with van der Waals surface area (Å²) in [4.78, 5) is 6.39. The van der Waals surface area contributed by atoms with E-state index in [4.69, 9.17) is 16.3 Å². The van der Waals surface area contributed by atoms with E-state index in [1.54, 1.807) is 11.3 Å². The van der Waals surface area contributed by atoms with Crippen LogP contribution in [0.2, 0.25) is 5.02 Å². The van der Waals surface area contributed by atoms with Crippen molar-refractivity contribution in [1.82, 2.24) is 9.80 Å². The Morgan fingerprint density at radius 2 is 2.15 bits per heavy atom. The van der Waals surface area contributed by atoms with E-state index in [1.165, 1.54) is 10.5 Å². The second-order valence-corrected chi connectivity index (χ2v) is 8.69. The summed E-state index contributed by atoms with van der Waals surface area (Å²) in [6, 6.07) is 10.5. The molecule has 6 heteroatoms. The summed E-state index contributed by atoms with van der Waals surface area (Å²) in [6.07, 6.45) is 3.03. The Hall–Kier alpha value is -1.37. The standard InChI is InChI=1S/C21H25ClN2O2S/c22-18-3-4-21-17(11-18)10-16(15-26-21)12-23-6-7-24(19(13-23)5-8-25)14-20-2-1-9-27-20/h1-4,9-11,19,25H,5-8,12-15H2/t19-/m0/s1. The number of aliphatic hydroxyl groups is 1. The largest absolute Gasteiger partial charge is 0.489 e. The molecule has 1 aromatic carbocycles. The highest BCUT2D eigenvalue weighted by molar-refractivity contribution is 7.09. The van der Waals surface area contributed by atoms with Gasteiger partial charge in [-0.05, 0) is 47.7 Å². The molecule has 4 nitrogen and oxygen atoms in total. The molecule has 2 aliphatic heterocycles. The van der Waals surface area contributed by atoms with Crippen LogP contribution in [0, 0.1) is 0 Å². The van der Waals surface area contributed by atoms with Crippen molar-refractivity contribution < 1.29 is 9.84 Å². The Balaban J connectivity index is 1.40.